The van der Waals surface area contributed by atoms with Gasteiger partial charge < -0.3 is 15.2 Å². The highest BCUT2D eigenvalue weighted by Gasteiger charge is 2.29. The summed E-state index contributed by atoms with van der Waals surface area (Å²) >= 11 is 0. The summed E-state index contributed by atoms with van der Waals surface area (Å²) in [6.07, 6.45) is -3.18. The van der Waals surface area contributed by atoms with Crippen LogP contribution in [0.2, 0.25) is 0 Å². The second-order valence-corrected chi connectivity index (χ2v) is 5.62. The maximum absolute atomic E-state index is 12.6. The molecule has 1 aromatic heterocycles. The van der Waals surface area contributed by atoms with E-state index in [0.717, 1.165) is 17.7 Å². The third-order valence-corrected chi connectivity index (χ3v) is 3.50. The molecule has 1 aromatic carbocycles. The van der Waals surface area contributed by atoms with Gasteiger partial charge in [0.1, 0.15) is 0 Å². The molecular weight excluding hydrogens is 347 g/mol. The van der Waals surface area contributed by atoms with Crippen molar-refractivity contribution in [3.63, 3.8) is 0 Å². The van der Waals surface area contributed by atoms with Gasteiger partial charge in [-0.1, -0.05) is 17.3 Å². The predicted octanol–water partition coefficient (Wildman–Crippen LogP) is 2.74. The average Bonchev–Trinajstić information content (AvgIpc) is 3.00. The van der Waals surface area contributed by atoms with Gasteiger partial charge in [0.2, 0.25) is 5.89 Å². The molecule has 0 aliphatic heterocycles. The molecule has 6 nitrogen and oxygen atoms in total. The lowest BCUT2D eigenvalue weighted by Gasteiger charge is -2.11. The highest BCUT2D eigenvalue weighted by molar-refractivity contribution is 5.79. The molecule has 0 bridgehead atoms. The number of aliphatic imine (C=N–C) groups is 1. The summed E-state index contributed by atoms with van der Waals surface area (Å²) < 4.78 is 42.7. The minimum Gasteiger partial charge on any atom is -0.357 e. The highest BCUT2D eigenvalue weighted by atomic mass is 19.4. The molecule has 0 saturated carbocycles. The Balaban J connectivity index is 1.81. The quantitative estimate of drug-likeness (QED) is 0.580. The zero-order valence-corrected chi connectivity index (χ0v) is 14.7. The Bertz CT molecular complexity index is 710. The predicted molar refractivity (Wildman–Crippen MR) is 91.9 cm³/mol. The molecule has 0 unspecified atom stereocenters. The summed E-state index contributed by atoms with van der Waals surface area (Å²) in [5.74, 6) is 1.76. The number of nitrogens with zero attached hydrogens (tertiary/aromatic N) is 3. The molecule has 26 heavy (non-hydrogen) atoms. The zero-order chi connectivity index (χ0) is 19.0. The monoisotopic (exact) mass is 369 g/mol. The van der Waals surface area contributed by atoms with Crippen LogP contribution in [0.3, 0.4) is 0 Å². The Morgan fingerprint density at radius 3 is 2.46 bits per heavy atom. The number of benzene rings is 1. The first-order valence-corrected chi connectivity index (χ1v) is 8.36. The maximum atomic E-state index is 12.6. The largest absolute Gasteiger partial charge is 0.416 e. The number of aryl methyl sites for hydroxylation is 1. The number of alkyl halides is 3. The van der Waals surface area contributed by atoms with Gasteiger partial charge in [0.05, 0.1) is 12.1 Å². The Morgan fingerprint density at radius 1 is 1.15 bits per heavy atom. The number of halogens is 3. The molecule has 0 saturated heterocycles. The normalized spacial score (nSPS) is 12.3. The molecule has 0 spiro atoms. The number of nitrogens with one attached hydrogen (secondary N) is 2. The lowest BCUT2D eigenvalue weighted by molar-refractivity contribution is -0.137. The average molecular weight is 369 g/mol. The molecule has 0 amide bonds. The first kappa shape index (κ1) is 19.7. The van der Waals surface area contributed by atoms with Crippen LogP contribution in [0.1, 0.15) is 29.8 Å². The fourth-order valence-electron chi connectivity index (χ4n) is 2.23. The number of hydrogen-bond acceptors (Lipinski definition) is 4. The molecule has 0 fully saturated rings. The van der Waals surface area contributed by atoms with Crippen LogP contribution < -0.4 is 10.6 Å². The van der Waals surface area contributed by atoms with E-state index >= 15 is 0 Å². The molecule has 2 N–H and O–H groups in total. The summed E-state index contributed by atoms with van der Waals surface area (Å²) in [6.45, 7) is 5.44. The van der Waals surface area contributed by atoms with Crippen molar-refractivity contribution in [1.82, 2.24) is 20.8 Å². The Morgan fingerprint density at radius 2 is 1.88 bits per heavy atom. The summed E-state index contributed by atoms with van der Waals surface area (Å²) in [6, 6.07) is 5.18. The van der Waals surface area contributed by atoms with Crippen molar-refractivity contribution in [1.29, 1.82) is 0 Å². The van der Waals surface area contributed by atoms with Crippen molar-refractivity contribution in [3.8, 4) is 0 Å². The van der Waals surface area contributed by atoms with Crippen LogP contribution in [0.25, 0.3) is 0 Å². The van der Waals surface area contributed by atoms with Gasteiger partial charge in [-0.05, 0) is 38.0 Å². The number of rotatable bonds is 7. The van der Waals surface area contributed by atoms with Crippen LogP contribution in [0.5, 0.6) is 0 Å². The van der Waals surface area contributed by atoms with Gasteiger partial charge in [-0.15, -0.1) is 0 Å². The van der Waals surface area contributed by atoms with E-state index in [1.807, 2.05) is 6.92 Å². The second-order valence-electron chi connectivity index (χ2n) is 5.62. The first-order valence-electron chi connectivity index (χ1n) is 8.36. The van der Waals surface area contributed by atoms with E-state index in [-0.39, 0.29) is 0 Å². The summed E-state index contributed by atoms with van der Waals surface area (Å²) in [5.41, 5.74) is 0.183. The fourth-order valence-corrected chi connectivity index (χ4v) is 2.23. The van der Waals surface area contributed by atoms with Gasteiger partial charge >= 0.3 is 6.18 Å². The third kappa shape index (κ3) is 6.38. The van der Waals surface area contributed by atoms with Gasteiger partial charge in [-0.3, -0.25) is 4.99 Å². The lowest BCUT2D eigenvalue weighted by Crippen LogP contribution is -2.38. The van der Waals surface area contributed by atoms with Gasteiger partial charge in [0, 0.05) is 19.5 Å². The van der Waals surface area contributed by atoms with Crippen LogP contribution in [0.4, 0.5) is 13.2 Å². The van der Waals surface area contributed by atoms with E-state index in [1.165, 1.54) is 12.1 Å². The van der Waals surface area contributed by atoms with E-state index in [2.05, 4.69) is 25.8 Å². The van der Waals surface area contributed by atoms with Crippen LogP contribution in [0, 0.1) is 6.92 Å². The second kappa shape index (κ2) is 9.21. The van der Waals surface area contributed by atoms with Crippen molar-refractivity contribution < 1.29 is 17.7 Å². The van der Waals surface area contributed by atoms with Gasteiger partial charge in [0.15, 0.2) is 11.8 Å². The van der Waals surface area contributed by atoms with E-state index in [4.69, 9.17) is 4.52 Å². The molecule has 1 heterocycles. The molecule has 0 atom stereocenters. The topological polar surface area (TPSA) is 75.3 Å². The standard InChI is InChI=1S/C17H22F3N5O/c1-3-21-16(23-11-9-15-24-12(2)25-26-15)22-10-8-13-4-6-14(7-5-13)17(18,19)20/h4-7H,3,8-11H2,1-2H3,(H2,21,22,23). The molecule has 0 radical (unpaired) electrons. The van der Waals surface area contributed by atoms with Crippen LogP contribution >= 0.6 is 0 Å². The summed E-state index contributed by atoms with van der Waals surface area (Å²) in [5, 5.41) is 9.99. The number of aromatic nitrogens is 2. The lowest BCUT2D eigenvalue weighted by atomic mass is 10.1. The van der Waals surface area contributed by atoms with Gasteiger partial charge in [-0.2, -0.15) is 18.2 Å². The molecular formula is C17H22F3N5O. The van der Waals surface area contributed by atoms with E-state index in [1.54, 1.807) is 6.92 Å². The Kier molecular flexibility index (Phi) is 6.99. The Hall–Kier alpha value is -2.58. The molecule has 2 aromatic rings. The van der Waals surface area contributed by atoms with Crippen molar-refractivity contribution in [2.24, 2.45) is 4.99 Å². The van der Waals surface area contributed by atoms with Gasteiger partial charge in [-0.25, -0.2) is 0 Å². The van der Waals surface area contributed by atoms with E-state index in [9.17, 15) is 13.2 Å². The maximum Gasteiger partial charge on any atom is 0.416 e. The molecule has 0 aliphatic carbocycles. The minimum absolute atomic E-state index is 0.483. The smallest absolute Gasteiger partial charge is 0.357 e. The van der Waals surface area contributed by atoms with Crippen molar-refractivity contribution in [2.45, 2.75) is 32.9 Å². The van der Waals surface area contributed by atoms with Crippen LogP contribution in [-0.2, 0) is 19.0 Å². The molecule has 142 valence electrons. The first-order chi connectivity index (χ1) is 12.4. The SMILES string of the molecule is CCNC(=NCCc1nc(C)no1)NCCc1ccc(C(F)(F)F)cc1. The summed E-state index contributed by atoms with van der Waals surface area (Å²) in [7, 11) is 0. The summed E-state index contributed by atoms with van der Waals surface area (Å²) in [4.78, 5) is 8.53. The molecule has 9 heteroatoms. The van der Waals surface area contributed by atoms with Gasteiger partial charge in [0.25, 0.3) is 0 Å². The zero-order valence-electron chi connectivity index (χ0n) is 14.7. The Labute approximate surface area is 149 Å². The third-order valence-electron chi connectivity index (χ3n) is 3.50. The minimum atomic E-state index is -4.31. The van der Waals surface area contributed by atoms with Crippen molar-refractivity contribution in [2.75, 3.05) is 19.6 Å². The number of hydrogen-bond donors (Lipinski definition) is 2. The van der Waals surface area contributed by atoms with Crippen LogP contribution in [-0.4, -0.2) is 35.7 Å². The van der Waals surface area contributed by atoms with Crippen molar-refractivity contribution in [3.05, 3.63) is 47.1 Å². The number of guanidine groups is 1. The molecule has 2 rings (SSSR count). The fraction of sp³-hybridized carbons (Fsp3) is 0.471. The van der Waals surface area contributed by atoms with Crippen molar-refractivity contribution >= 4 is 5.96 Å². The molecule has 0 aliphatic rings. The van der Waals surface area contributed by atoms with Crippen LogP contribution in [0.15, 0.2) is 33.8 Å². The highest BCUT2D eigenvalue weighted by Crippen LogP contribution is 2.29. The van der Waals surface area contributed by atoms with E-state index < -0.39 is 11.7 Å². The van der Waals surface area contributed by atoms with E-state index in [0.29, 0.717) is 50.2 Å².